The van der Waals surface area contributed by atoms with Gasteiger partial charge in [0.05, 0.1) is 12.2 Å². The summed E-state index contributed by atoms with van der Waals surface area (Å²) in [7, 11) is 1.59. The largest absolute Gasteiger partial charge is 0.384 e. The topological polar surface area (TPSA) is 58.6 Å². The van der Waals surface area contributed by atoms with Crippen LogP contribution >= 0.6 is 0 Å². The van der Waals surface area contributed by atoms with Crippen molar-refractivity contribution in [2.24, 2.45) is 0 Å². The predicted octanol–water partition coefficient (Wildman–Crippen LogP) is 1.10. The summed E-state index contributed by atoms with van der Waals surface area (Å²) in [6.45, 7) is 4.03. The van der Waals surface area contributed by atoms with E-state index in [1.807, 2.05) is 26.0 Å². The van der Waals surface area contributed by atoms with Crippen LogP contribution in [0.4, 0.5) is 0 Å². The molecule has 0 aromatic heterocycles. The molecule has 1 unspecified atom stereocenters. The SMILES string of the molecule is COCC(C)NC(=O)c1ccc(C)cc1C#CCO. The lowest BCUT2D eigenvalue weighted by molar-refractivity contribution is 0.0905. The molecule has 0 saturated heterocycles. The number of aliphatic hydroxyl groups excluding tert-OH is 1. The van der Waals surface area contributed by atoms with Crippen LogP contribution < -0.4 is 5.32 Å². The van der Waals surface area contributed by atoms with Gasteiger partial charge in [0.15, 0.2) is 0 Å². The number of hydrogen-bond donors (Lipinski definition) is 2. The Labute approximate surface area is 113 Å². The summed E-state index contributed by atoms with van der Waals surface area (Å²) < 4.78 is 4.98. The van der Waals surface area contributed by atoms with E-state index in [9.17, 15) is 4.79 Å². The van der Waals surface area contributed by atoms with E-state index in [0.717, 1.165) is 5.56 Å². The van der Waals surface area contributed by atoms with Crippen LogP contribution in [0.25, 0.3) is 0 Å². The van der Waals surface area contributed by atoms with Gasteiger partial charge in [0.25, 0.3) is 5.91 Å². The fourth-order valence-electron chi connectivity index (χ4n) is 1.69. The Hall–Kier alpha value is -1.83. The van der Waals surface area contributed by atoms with Gasteiger partial charge in [-0.1, -0.05) is 17.9 Å². The smallest absolute Gasteiger partial charge is 0.252 e. The minimum absolute atomic E-state index is 0.0718. The van der Waals surface area contributed by atoms with Crippen LogP contribution in [-0.4, -0.2) is 37.4 Å². The number of amides is 1. The summed E-state index contributed by atoms with van der Waals surface area (Å²) in [5.74, 6) is 5.18. The number of aryl methyl sites for hydroxylation is 1. The molecule has 1 aromatic rings. The molecule has 0 fully saturated rings. The Morgan fingerprint density at radius 2 is 2.26 bits per heavy atom. The van der Waals surface area contributed by atoms with Gasteiger partial charge in [0.2, 0.25) is 0 Å². The van der Waals surface area contributed by atoms with Gasteiger partial charge in [0.1, 0.15) is 6.61 Å². The van der Waals surface area contributed by atoms with Crippen molar-refractivity contribution in [2.45, 2.75) is 19.9 Å². The number of methoxy groups -OCH3 is 1. The van der Waals surface area contributed by atoms with Crippen LogP contribution in [0.1, 0.15) is 28.4 Å². The van der Waals surface area contributed by atoms with Gasteiger partial charge in [-0.2, -0.15) is 0 Å². The third-order valence-electron chi connectivity index (χ3n) is 2.52. The number of carbonyl (C=O) groups excluding carboxylic acids is 1. The van der Waals surface area contributed by atoms with Gasteiger partial charge < -0.3 is 15.2 Å². The van der Waals surface area contributed by atoms with Crippen molar-refractivity contribution in [2.75, 3.05) is 20.3 Å². The Morgan fingerprint density at radius 1 is 1.53 bits per heavy atom. The van der Waals surface area contributed by atoms with Crippen LogP contribution in [0.15, 0.2) is 18.2 Å². The number of rotatable bonds is 4. The highest BCUT2D eigenvalue weighted by atomic mass is 16.5. The fraction of sp³-hybridized carbons (Fsp3) is 0.400. The van der Waals surface area contributed by atoms with E-state index in [4.69, 9.17) is 9.84 Å². The molecule has 1 amide bonds. The van der Waals surface area contributed by atoms with Crippen molar-refractivity contribution >= 4 is 5.91 Å². The van der Waals surface area contributed by atoms with Gasteiger partial charge >= 0.3 is 0 Å². The van der Waals surface area contributed by atoms with E-state index < -0.39 is 0 Å². The molecule has 0 spiro atoms. The maximum atomic E-state index is 12.1. The summed E-state index contributed by atoms with van der Waals surface area (Å²) >= 11 is 0. The number of benzene rings is 1. The van der Waals surface area contributed by atoms with Crippen LogP contribution in [0.2, 0.25) is 0 Å². The molecule has 1 rings (SSSR count). The van der Waals surface area contributed by atoms with E-state index in [-0.39, 0.29) is 18.6 Å². The third-order valence-corrected chi connectivity index (χ3v) is 2.52. The second-order valence-corrected chi connectivity index (χ2v) is 4.34. The second-order valence-electron chi connectivity index (χ2n) is 4.34. The quantitative estimate of drug-likeness (QED) is 0.798. The van der Waals surface area contributed by atoms with E-state index >= 15 is 0 Å². The zero-order valence-electron chi connectivity index (χ0n) is 11.5. The number of ether oxygens (including phenoxy) is 1. The van der Waals surface area contributed by atoms with Crippen LogP contribution in [0, 0.1) is 18.8 Å². The van der Waals surface area contributed by atoms with Gasteiger partial charge in [-0.3, -0.25) is 4.79 Å². The highest BCUT2D eigenvalue weighted by Crippen LogP contribution is 2.11. The molecule has 2 N–H and O–H groups in total. The molecule has 0 radical (unpaired) electrons. The van der Waals surface area contributed by atoms with E-state index in [2.05, 4.69) is 17.2 Å². The van der Waals surface area contributed by atoms with E-state index in [1.54, 1.807) is 13.2 Å². The molecule has 19 heavy (non-hydrogen) atoms. The fourth-order valence-corrected chi connectivity index (χ4v) is 1.69. The molecule has 1 aromatic carbocycles. The molecule has 1 atom stereocenters. The van der Waals surface area contributed by atoms with Crippen molar-refractivity contribution in [1.29, 1.82) is 0 Å². The van der Waals surface area contributed by atoms with Gasteiger partial charge in [-0.25, -0.2) is 0 Å². The predicted molar refractivity (Wildman–Crippen MR) is 73.9 cm³/mol. The minimum atomic E-state index is -0.227. The Kier molecular flexibility index (Phi) is 6.07. The van der Waals surface area contributed by atoms with Gasteiger partial charge in [-0.05, 0) is 31.5 Å². The average Bonchev–Trinajstić information content (AvgIpc) is 2.36. The number of nitrogens with one attached hydrogen (secondary N) is 1. The molecule has 0 heterocycles. The first-order chi connectivity index (χ1) is 9.08. The van der Waals surface area contributed by atoms with Crippen molar-refractivity contribution in [1.82, 2.24) is 5.32 Å². The Bertz CT molecular complexity index is 500. The zero-order chi connectivity index (χ0) is 14.3. The lowest BCUT2D eigenvalue weighted by Crippen LogP contribution is -2.36. The molecular formula is C15H19NO3. The minimum Gasteiger partial charge on any atom is -0.384 e. The van der Waals surface area contributed by atoms with Crippen LogP contribution in [0.3, 0.4) is 0 Å². The first-order valence-electron chi connectivity index (χ1n) is 6.08. The normalized spacial score (nSPS) is 11.4. The maximum Gasteiger partial charge on any atom is 0.252 e. The second kappa shape index (κ2) is 7.57. The lowest BCUT2D eigenvalue weighted by Gasteiger charge is -2.13. The van der Waals surface area contributed by atoms with E-state index in [1.165, 1.54) is 0 Å². The molecule has 0 aliphatic heterocycles. The molecule has 102 valence electrons. The summed E-state index contributed by atoms with van der Waals surface area (Å²) in [4.78, 5) is 12.1. The molecule has 0 aliphatic rings. The first kappa shape index (κ1) is 15.2. The number of hydrogen-bond acceptors (Lipinski definition) is 3. The standard InChI is InChI=1S/C15H19NO3/c1-11-6-7-14(13(9-11)5-4-8-17)15(18)16-12(2)10-19-3/h6-7,9,12,17H,8,10H2,1-3H3,(H,16,18). The average molecular weight is 261 g/mol. The Morgan fingerprint density at radius 3 is 2.89 bits per heavy atom. The molecule has 0 saturated carbocycles. The van der Waals surface area contributed by atoms with Crippen molar-refractivity contribution in [3.63, 3.8) is 0 Å². The highest BCUT2D eigenvalue weighted by molar-refractivity contribution is 5.97. The summed E-state index contributed by atoms with van der Waals surface area (Å²) in [5, 5.41) is 11.6. The van der Waals surface area contributed by atoms with Crippen molar-refractivity contribution < 1.29 is 14.6 Å². The van der Waals surface area contributed by atoms with Crippen LogP contribution in [0.5, 0.6) is 0 Å². The highest BCUT2D eigenvalue weighted by Gasteiger charge is 2.12. The summed E-state index contributed by atoms with van der Waals surface area (Å²) in [5.41, 5.74) is 2.15. The molecule has 0 aliphatic carbocycles. The summed E-state index contributed by atoms with van der Waals surface area (Å²) in [6, 6.07) is 5.36. The molecule has 4 heteroatoms. The molecule has 0 bridgehead atoms. The van der Waals surface area contributed by atoms with Gasteiger partial charge in [-0.15, -0.1) is 0 Å². The van der Waals surface area contributed by atoms with Crippen LogP contribution in [-0.2, 0) is 4.74 Å². The Balaban J connectivity index is 2.95. The van der Waals surface area contributed by atoms with Crippen molar-refractivity contribution in [3.05, 3.63) is 34.9 Å². The van der Waals surface area contributed by atoms with E-state index in [0.29, 0.717) is 17.7 Å². The third kappa shape index (κ3) is 4.74. The monoisotopic (exact) mass is 261 g/mol. The van der Waals surface area contributed by atoms with Crippen molar-refractivity contribution in [3.8, 4) is 11.8 Å². The molecular weight excluding hydrogens is 242 g/mol. The number of aliphatic hydroxyl groups is 1. The van der Waals surface area contributed by atoms with Gasteiger partial charge in [0, 0.05) is 18.7 Å². The molecule has 4 nitrogen and oxygen atoms in total. The summed E-state index contributed by atoms with van der Waals surface area (Å²) in [6.07, 6.45) is 0. The lowest BCUT2D eigenvalue weighted by atomic mass is 10.0. The zero-order valence-corrected chi connectivity index (χ0v) is 11.5. The number of carbonyl (C=O) groups is 1. The first-order valence-corrected chi connectivity index (χ1v) is 6.08. The maximum absolute atomic E-state index is 12.1.